The third-order valence-electron chi connectivity index (χ3n) is 5.00. The largest absolute Gasteiger partial charge is 0.433 e. The molecule has 1 aromatic carbocycles. The number of amides is 2. The lowest BCUT2D eigenvalue weighted by molar-refractivity contribution is -0.145. The summed E-state index contributed by atoms with van der Waals surface area (Å²) < 4.78 is 10.9. The molecule has 0 aromatic heterocycles. The molecule has 0 saturated carbocycles. The van der Waals surface area contributed by atoms with Crippen molar-refractivity contribution < 1.29 is 23.9 Å². The Hall–Kier alpha value is -2.41. The van der Waals surface area contributed by atoms with Gasteiger partial charge in [0, 0.05) is 25.1 Å². The van der Waals surface area contributed by atoms with Crippen molar-refractivity contribution in [1.29, 1.82) is 0 Å². The van der Waals surface area contributed by atoms with E-state index in [9.17, 15) is 14.4 Å². The maximum Gasteiger partial charge on any atom is 0.340 e. The lowest BCUT2D eigenvalue weighted by Crippen LogP contribution is -2.47. The summed E-state index contributed by atoms with van der Waals surface area (Å²) in [7, 11) is 0. The predicted octanol–water partition coefficient (Wildman–Crippen LogP) is 1.14. The SMILES string of the molecule is O=C1O[C@H](N2C(=O)CC[C@@H]2C(=O)NC[C@@H]2CCCO2)c2ccccc21. The van der Waals surface area contributed by atoms with Crippen LogP contribution in [-0.2, 0) is 19.1 Å². The van der Waals surface area contributed by atoms with Crippen molar-refractivity contribution in [2.24, 2.45) is 0 Å². The highest BCUT2D eigenvalue weighted by Gasteiger charge is 2.46. The van der Waals surface area contributed by atoms with Crippen molar-refractivity contribution in [3.63, 3.8) is 0 Å². The van der Waals surface area contributed by atoms with Crippen LogP contribution in [0.1, 0.15) is 47.8 Å². The van der Waals surface area contributed by atoms with Crippen LogP contribution in [0.5, 0.6) is 0 Å². The monoisotopic (exact) mass is 344 g/mol. The molecular weight excluding hydrogens is 324 g/mol. The zero-order valence-electron chi connectivity index (χ0n) is 13.8. The number of fused-ring (bicyclic) bond motifs is 1. The van der Waals surface area contributed by atoms with Gasteiger partial charge in [-0.2, -0.15) is 0 Å². The molecule has 1 N–H and O–H groups in total. The van der Waals surface area contributed by atoms with Crippen molar-refractivity contribution in [1.82, 2.24) is 10.2 Å². The average molecular weight is 344 g/mol. The van der Waals surface area contributed by atoms with E-state index >= 15 is 0 Å². The molecule has 3 aliphatic rings. The minimum Gasteiger partial charge on any atom is -0.433 e. The number of esters is 1. The highest BCUT2D eigenvalue weighted by atomic mass is 16.6. The van der Waals surface area contributed by atoms with E-state index < -0.39 is 18.2 Å². The van der Waals surface area contributed by atoms with Crippen LogP contribution in [0.25, 0.3) is 0 Å². The number of carbonyl (C=O) groups is 3. The summed E-state index contributed by atoms with van der Waals surface area (Å²) >= 11 is 0. The van der Waals surface area contributed by atoms with Gasteiger partial charge < -0.3 is 14.8 Å². The molecule has 2 amide bonds. The van der Waals surface area contributed by atoms with Gasteiger partial charge in [-0.15, -0.1) is 0 Å². The zero-order valence-corrected chi connectivity index (χ0v) is 13.8. The molecular formula is C18H20N2O5. The number of likely N-dealkylation sites (tertiary alicyclic amines) is 1. The summed E-state index contributed by atoms with van der Waals surface area (Å²) in [6.45, 7) is 1.17. The van der Waals surface area contributed by atoms with Crippen molar-refractivity contribution in [2.45, 2.75) is 44.1 Å². The summed E-state index contributed by atoms with van der Waals surface area (Å²) in [5, 5.41) is 2.88. The van der Waals surface area contributed by atoms with Crippen molar-refractivity contribution >= 4 is 17.8 Å². The molecule has 0 aliphatic carbocycles. The van der Waals surface area contributed by atoms with E-state index in [0.717, 1.165) is 19.4 Å². The van der Waals surface area contributed by atoms with Gasteiger partial charge >= 0.3 is 5.97 Å². The zero-order chi connectivity index (χ0) is 17.4. The van der Waals surface area contributed by atoms with Crippen LogP contribution in [0.2, 0.25) is 0 Å². The molecule has 3 heterocycles. The van der Waals surface area contributed by atoms with Gasteiger partial charge in [0.2, 0.25) is 18.0 Å². The number of carbonyl (C=O) groups excluding carboxylic acids is 3. The topological polar surface area (TPSA) is 84.9 Å². The average Bonchev–Trinajstić information content (AvgIpc) is 3.33. The Bertz CT molecular complexity index is 713. The Kier molecular flexibility index (Phi) is 4.17. The van der Waals surface area contributed by atoms with Crippen LogP contribution in [0, 0.1) is 0 Å². The van der Waals surface area contributed by atoms with Gasteiger partial charge in [0.15, 0.2) is 0 Å². The Balaban J connectivity index is 1.50. The van der Waals surface area contributed by atoms with Gasteiger partial charge in [-0.05, 0) is 25.3 Å². The number of hydrogen-bond acceptors (Lipinski definition) is 5. The number of cyclic esters (lactones) is 1. The Morgan fingerprint density at radius 2 is 2.08 bits per heavy atom. The maximum absolute atomic E-state index is 12.6. The third-order valence-corrected chi connectivity index (χ3v) is 5.00. The quantitative estimate of drug-likeness (QED) is 0.828. The van der Waals surface area contributed by atoms with Crippen molar-refractivity contribution in [3.05, 3.63) is 35.4 Å². The molecule has 0 unspecified atom stereocenters. The van der Waals surface area contributed by atoms with Gasteiger partial charge in [0.25, 0.3) is 0 Å². The Labute approximate surface area is 145 Å². The van der Waals surface area contributed by atoms with Crippen molar-refractivity contribution in [3.8, 4) is 0 Å². The van der Waals surface area contributed by atoms with Crippen LogP contribution in [0.4, 0.5) is 0 Å². The first kappa shape index (κ1) is 16.1. The van der Waals surface area contributed by atoms with Crippen LogP contribution >= 0.6 is 0 Å². The number of nitrogens with zero attached hydrogens (tertiary/aromatic N) is 1. The molecule has 2 saturated heterocycles. The van der Waals surface area contributed by atoms with Gasteiger partial charge in [0.05, 0.1) is 11.7 Å². The second-order valence-electron chi connectivity index (χ2n) is 6.58. The van der Waals surface area contributed by atoms with Crippen LogP contribution in [0.15, 0.2) is 24.3 Å². The number of hydrogen-bond donors (Lipinski definition) is 1. The second-order valence-corrected chi connectivity index (χ2v) is 6.58. The van der Waals surface area contributed by atoms with Crippen molar-refractivity contribution in [2.75, 3.05) is 13.2 Å². The summed E-state index contributed by atoms with van der Waals surface area (Å²) in [5.74, 6) is -0.854. The van der Waals surface area contributed by atoms with E-state index in [-0.39, 0.29) is 24.3 Å². The minimum absolute atomic E-state index is 0.0412. The molecule has 25 heavy (non-hydrogen) atoms. The second kappa shape index (κ2) is 6.48. The first-order chi connectivity index (χ1) is 12.1. The van der Waals surface area contributed by atoms with Gasteiger partial charge in [-0.3, -0.25) is 14.5 Å². The van der Waals surface area contributed by atoms with E-state index in [1.165, 1.54) is 4.90 Å². The fourth-order valence-electron chi connectivity index (χ4n) is 3.72. The molecule has 0 spiro atoms. The summed E-state index contributed by atoms with van der Waals surface area (Å²) in [6, 6.07) is 6.35. The summed E-state index contributed by atoms with van der Waals surface area (Å²) in [5.41, 5.74) is 1.09. The van der Waals surface area contributed by atoms with E-state index in [1.807, 2.05) is 0 Å². The molecule has 3 atom stereocenters. The summed E-state index contributed by atoms with van der Waals surface area (Å²) in [4.78, 5) is 38.4. The minimum atomic E-state index is -0.822. The molecule has 7 nitrogen and oxygen atoms in total. The predicted molar refractivity (Wildman–Crippen MR) is 86.5 cm³/mol. The van der Waals surface area contributed by atoms with Crippen LogP contribution in [-0.4, -0.2) is 48.0 Å². The van der Waals surface area contributed by atoms with E-state index in [4.69, 9.17) is 9.47 Å². The molecule has 0 radical (unpaired) electrons. The fourth-order valence-corrected chi connectivity index (χ4v) is 3.72. The Morgan fingerprint density at radius 1 is 1.24 bits per heavy atom. The molecule has 4 rings (SSSR count). The molecule has 0 bridgehead atoms. The summed E-state index contributed by atoms with van der Waals surface area (Å²) in [6.07, 6.45) is 1.85. The van der Waals surface area contributed by atoms with Gasteiger partial charge in [-0.1, -0.05) is 18.2 Å². The van der Waals surface area contributed by atoms with E-state index in [2.05, 4.69) is 5.32 Å². The first-order valence-corrected chi connectivity index (χ1v) is 8.65. The molecule has 3 aliphatic heterocycles. The first-order valence-electron chi connectivity index (χ1n) is 8.65. The highest BCUT2D eigenvalue weighted by Crippen LogP contribution is 2.38. The van der Waals surface area contributed by atoms with Crippen LogP contribution < -0.4 is 5.32 Å². The number of ether oxygens (including phenoxy) is 2. The normalized spacial score (nSPS) is 28.2. The smallest absolute Gasteiger partial charge is 0.340 e. The standard InChI is InChI=1S/C18H20N2O5/c21-15-8-7-14(16(22)19-10-11-4-3-9-24-11)20(15)17-12-5-1-2-6-13(12)18(23)25-17/h1-2,5-6,11,14,17H,3-4,7-10H2,(H,19,22)/t11-,14+,17-/m0/s1. The number of rotatable bonds is 4. The highest BCUT2D eigenvalue weighted by molar-refractivity contribution is 5.96. The van der Waals surface area contributed by atoms with Gasteiger partial charge in [0.1, 0.15) is 6.04 Å². The molecule has 7 heteroatoms. The molecule has 1 aromatic rings. The fraction of sp³-hybridized carbons (Fsp3) is 0.500. The lowest BCUT2D eigenvalue weighted by atomic mass is 10.1. The van der Waals surface area contributed by atoms with Gasteiger partial charge in [-0.25, -0.2) is 4.79 Å². The molecule has 2 fully saturated rings. The van der Waals surface area contributed by atoms with E-state index in [1.54, 1.807) is 24.3 Å². The van der Waals surface area contributed by atoms with E-state index in [0.29, 0.717) is 24.1 Å². The third kappa shape index (κ3) is 2.89. The Morgan fingerprint density at radius 3 is 2.88 bits per heavy atom. The maximum atomic E-state index is 12.6. The van der Waals surface area contributed by atoms with Crippen LogP contribution in [0.3, 0.4) is 0 Å². The number of nitrogens with one attached hydrogen (secondary N) is 1. The number of benzene rings is 1. The lowest BCUT2D eigenvalue weighted by Gasteiger charge is -2.29. The molecule has 132 valence electrons.